The molecule has 0 radical (unpaired) electrons. The Morgan fingerprint density at radius 2 is 2.19 bits per heavy atom. The van der Waals surface area contributed by atoms with E-state index < -0.39 is 0 Å². The minimum atomic E-state index is -0.0366. The SMILES string of the molecule is CCCc1ncncc1C(=O)NC(C)C1CCN(C)CC1. The summed E-state index contributed by atoms with van der Waals surface area (Å²) in [7, 11) is 2.15. The topological polar surface area (TPSA) is 58.1 Å². The number of piperidine rings is 1. The van der Waals surface area contributed by atoms with Crippen LogP contribution in [-0.2, 0) is 6.42 Å². The van der Waals surface area contributed by atoms with Crippen LogP contribution in [0.15, 0.2) is 12.5 Å². The third-order valence-electron chi connectivity index (χ3n) is 4.36. The van der Waals surface area contributed by atoms with Crippen molar-refractivity contribution >= 4 is 5.91 Å². The lowest BCUT2D eigenvalue weighted by molar-refractivity contribution is 0.0907. The van der Waals surface area contributed by atoms with E-state index in [0.29, 0.717) is 11.5 Å². The molecule has 1 aromatic heterocycles. The Morgan fingerprint density at radius 3 is 2.86 bits per heavy atom. The number of nitrogens with zero attached hydrogens (tertiary/aromatic N) is 3. The molecule has 2 rings (SSSR count). The van der Waals surface area contributed by atoms with Gasteiger partial charge in [0.15, 0.2) is 0 Å². The van der Waals surface area contributed by atoms with E-state index in [2.05, 4.69) is 41.1 Å². The summed E-state index contributed by atoms with van der Waals surface area (Å²) in [5.74, 6) is 0.523. The van der Waals surface area contributed by atoms with Gasteiger partial charge in [0, 0.05) is 12.2 Å². The van der Waals surface area contributed by atoms with Gasteiger partial charge in [-0.25, -0.2) is 9.97 Å². The van der Waals surface area contributed by atoms with Crippen LogP contribution >= 0.6 is 0 Å². The summed E-state index contributed by atoms with van der Waals surface area (Å²) in [6.45, 7) is 6.42. The fraction of sp³-hybridized carbons (Fsp3) is 0.688. The number of hydrogen-bond donors (Lipinski definition) is 1. The molecule has 1 unspecified atom stereocenters. The monoisotopic (exact) mass is 290 g/mol. The molecule has 1 N–H and O–H groups in total. The smallest absolute Gasteiger partial charge is 0.254 e. The summed E-state index contributed by atoms with van der Waals surface area (Å²) in [6, 6.07) is 0.195. The number of aryl methyl sites for hydroxylation is 1. The zero-order valence-corrected chi connectivity index (χ0v) is 13.3. The highest BCUT2D eigenvalue weighted by Gasteiger charge is 2.24. The largest absolute Gasteiger partial charge is 0.349 e. The molecule has 5 nitrogen and oxygen atoms in total. The highest BCUT2D eigenvalue weighted by molar-refractivity contribution is 5.95. The van der Waals surface area contributed by atoms with E-state index in [1.807, 2.05) is 0 Å². The molecule has 116 valence electrons. The van der Waals surface area contributed by atoms with Crippen molar-refractivity contribution in [2.75, 3.05) is 20.1 Å². The normalized spacial score (nSPS) is 18.4. The Kier molecular flexibility index (Phi) is 5.67. The Bertz CT molecular complexity index is 469. The second kappa shape index (κ2) is 7.50. The van der Waals surface area contributed by atoms with Gasteiger partial charge in [0.25, 0.3) is 5.91 Å². The highest BCUT2D eigenvalue weighted by atomic mass is 16.1. The Hall–Kier alpha value is -1.49. The third-order valence-corrected chi connectivity index (χ3v) is 4.36. The molecule has 1 saturated heterocycles. The maximum absolute atomic E-state index is 12.5. The number of nitrogens with one attached hydrogen (secondary N) is 1. The summed E-state index contributed by atoms with van der Waals surface area (Å²) < 4.78 is 0. The summed E-state index contributed by atoms with van der Waals surface area (Å²) in [6.07, 6.45) is 7.22. The molecule has 1 aliphatic heterocycles. The minimum Gasteiger partial charge on any atom is -0.349 e. The van der Waals surface area contributed by atoms with Gasteiger partial charge in [-0.3, -0.25) is 4.79 Å². The van der Waals surface area contributed by atoms with Crippen LogP contribution in [-0.4, -0.2) is 47.0 Å². The quantitative estimate of drug-likeness (QED) is 0.899. The molecule has 2 heterocycles. The van der Waals surface area contributed by atoms with Gasteiger partial charge in [0.2, 0.25) is 0 Å². The lowest BCUT2D eigenvalue weighted by Crippen LogP contribution is -2.43. The van der Waals surface area contributed by atoms with Gasteiger partial charge in [-0.1, -0.05) is 13.3 Å². The first kappa shape index (κ1) is 15.9. The molecule has 0 saturated carbocycles. The van der Waals surface area contributed by atoms with Crippen molar-refractivity contribution in [2.24, 2.45) is 5.92 Å². The van der Waals surface area contributed by atoms with Crippen LogP contribution in [0, 0.1) is 5.92 Å². The number of likely N-dealkylation sites (tertiary alicyclic amines) is 1. The van der Waals surface area contributed by atoms with Crippen molar-refractivity contribution in [1.29, 1.82) is 0 Å². The number of hydrogen-bond acceptors (Lipinski definition) is 4. The highest BCUT2D eigenvalue weighted by Crippen LogP contribution is 2.20. The van der Waals surface area contributed by atoms with Gasteiger partial charge in [0.1, 0.15) is 6.33 Å². The van der Waals surface area contributed by atoms with Crippen LogP contribution in [0.4, 0.5) is 0 Å². The van der Waals surface area contributed by atoms with Crippen LogP contribution in [0.25, 0.3) is 0 Å². The predicted octanol–water partition coefficient (Wildman–Crippen LogP) is 1.89. The lowest BCUT2D eigenvalue weighted by Gasteiger charge is -2.33. The van der Waals surface area contributed by atoms with E-state index in [9.17, 15) is 4.79 Å². The fourth-order valence-electron chi connectivity index (χ4n) is 2.91. The number of carbonyl (C=O) groups excluding carboxylic acids is 1. The first-order valence-electron chi connectivity index (χ1n) is 7.90. The van der Waals surface area contributed by atoms with E-state index >= 15 is 0 Å². The molecule has 1 aliphatic rings. The first-order chi connectivity index (χ1) is 10.1. The molecule has 0 aliphatic carbocycles. The van der Waals surface area contributed by atoms with Gasteiger partial charge in [-0.15, -0.1) is 0 Å². The summed E-state index contributed by atoms with van der Waals surface area (Å²) >= 11 is 0. The molecule has 5 heteroatoms. The van der Waals surface area contributed by atoms with E-state index in [0.717, 1.165) is 44.5 Å². The van der Waals surface area contributed by atoms with E-state index in [4.69, 9.17) is 0 Å². The van der Waals surface area contributed by atoms with E-state index in [1.165, 1.54) is 6.33 Å². The van der Waals surface area contributed by atoms with E-state index in [-0.39, 0.29) is 11.9 Å². The molecular weight excluding hydrogens is 264 g/mol. The summed E-state index contributed by atoms with van der Waals surface area (Å²) in [5.41, 5.74) is 1.47. The second-order valence-electron chi connectivity index (χ2n) is 6.04. The van der Waals surface area contributed by atoms with Crippen molar-refractivity contribution in [3.63, 3.8) is 0 Å². The van der Waals surface area contributed by atoms with Gasteiger partial charge >= 0.3 is 0 Å². The Morgan fingerprint density at radius 1 is 1.48 bits per heavy atom. The van der Waals surface area contributed by atoms with Gasteiger partial charge in [0.05, 0.1) is 11.3 Å². The molecule has 0 aromatic carbocycles. The molecule has 0 bridgehead atoms. The van der Waals surface area contributed by atoms with Crippen LogP contribution in [0.3, 0.4) is 0 Å². The second-order valence-corrected chi connectivity index (χ2v) is 6.04. The van der Waals surface area contributed by atoms with Crippen molar-refractivity contribution in [3.8, 4) is 0 Å². The third kappa shape index (κ3) is 4.24. The van der Waals surface area contributed by atoms with Crippen LogP contribution < -0.4 is 5.32 Å². The van der Waals surface area contributed by atoms with Gasteiger partial charge < -0.3 is 10.2 Å². The molecule has 1 fully saturated rings. The van der Waals surface area contributed by atoms with Crippen LogP contribution in [0.1, 0.15) is 49.2 Å². The maximum Gasteiger partial charge on any atom is 0.254 e. The van der Waals surface area contributed by atoms with Crippen LogP contribution in [0.2, 0.25) is 0 Å². The van der Waals surface area contributed by atoms with Gasteiger partial charge in [-0.2, -0.15) is 0 Å². The molecular formula is C16H26N4O. The van der Waals surface area contributed by atoms with Crippen LogP contribution in [0.5, 0.6) is 0 Å². The van der Waals surface area contributed by atoms with Crippen molar-refractivity contribution < 1.29 is 4.79 Å². The predicted molar refractivity (Wildman–Crippen MR) is 83.2 cm³/mol. The lowest BCUT2D eigenvalue weighted by atomic mass is 9.90. The summed E-state index contributed by atoms with van der Waals surface area (Å²) in [5, 5.41) is 3.14. The molecule has 1 atom stereocenters. The average Bonchev–Trinajstić information content (AvgIpc) is 2.48. The van der Waals surface area contributed by atoms with Gasteiger partial charge in [-0.05, 0) is 52.2 Å². The Balaban J connectivity index is 1.97. The first-order valence-corrected chi connectivity index (χ1v) is 7.90. The Labute approximate surface area is 127 Å². The number of aromatic nitrogens is 2. The fourth-order valence-corrected chi connectivity index (χ4v) is 2.91. The standard InChI is InChI=1S/C16H26N4O/c1-4-5-15-14(10-17-11-18-15)16(21)19-12(2)13-6-8-20(3)9-7-13/h10-13H,4-9H2,1-3H3,(H,19,21). The maximum atomic E-state index is 12.5. The molecule has 0 spiro atoms. The number of carbonyl (C=O) groups is 1. The zero-order valence-electron chi connectivity index (χ0n) is 13.3. The number of rotatable bonds is 5. The van der Waals surface area contributed by atoms with E-state index in [1.54, 1.807) is 6.20 Å². The minimum absolute atomic E-state index is 0.0366. The zero-order chi connectivity index (χ0) is 15.2. The summed E-state index contributed by atoms with van der Waals surface area (Å²) in [4.78, 5) is 23.0. The van der Waals surface area contributed by atoms with Crippen molar-refractivity contribution in [2.45, 2.75) is 45.6 Å². The average molecular weight is 290 g/mol. The molecule has 21 heavy (non-hydrogen) atoms. The molecule has 1 aromatic rings. The van der Waals surface area contributed by atoms with Crippen molar-refractivity contribution in [1.82, 2.24) is 20.2 Å². The number of amides is 1. The van der Waals surface area contributed by atoms with Crippen molar-refractivity contribution in [3.05, 3.63) is 23.8 Å². The molecule has 1 amide bonds.